The van der Waals surface area contributed by atoms with Gasteiger partial charge in [0.05, 0.1) is 0 Å². The molecule has 2 aromatic carbocycles. The van der Waals surface area contributed by atoms with E-state index in [0.717, 1.165) is 57.6 Å². The van der Waals surface area contributed by atoms with E-state index in [2.05, 4.69) is 166 Å². The number of unbranched alkanes of at least 4 members (excludes halogenated alkanes) is 2. The van der Waals surface area contributed by atoms with Crippen molar-refractivity contribution in [2.45, 2.75) is 38.5 Å². The van der Waals surface area contributed by atoms with Gasteiger partial charge in [-0.15, -0.1) is 0 Å². The third-order valence-corrected chi connectivity index (χ3v) is 16.6. The molecule has 0 aliphatic rings. The predicted octanol–water partition coefficient (Wildman–Crippen LogP) is 13.0. The fourth-order valence-corrected chi connectivity index (χ4v) is 10.1. The number of hydrogen-bond acceptors (Lipinski definition) is 0. The molecule has 2 aromatic rings. The summed E-state index contributed by atoms with van der Waals surface area (Å²) in [5.74, 6) is 0.153. The molecule has 0 nitrogen and oxygen atoms in total. The Balaban J connectivity index is 2.84. The number of halogens is 10. The molecule has 10 heteroatoms. The summed E-state index contributed by atoms with van der Waals surface area (Å²) in [6, 6.07) is 0. The highest BCUT2D eigenvalue weighted by atomic mass is 79.9. The molecule has 0 unspecified atom stereocenters. The summed E-state index contributed by atoms with van der Waals surface area (Å²) in [4.78, 5) is 0. The third kappa shape index (κ3) is 5.65. The maximum atomic E-state index is 3.83. The van der Waals surface area contributed by atoms with Crippen molar-refractivity contribution in [2.75, 3.05) is 0 Å². The van der Waals surface area contributed by atoms with Gasteiger partial charge in [-0.3, -0.25) is 0 Å². The Kier molecular flexibility index (Phi) is 11.9. The van der Waals surface area contributed by atoms with Crippen LogP contribution in [0.3, 0.4) is 0 Å². The highest BCUT2D eigenvalue weighted by Gasteiger charge is 2.30. The van der Waals surface area contributed by atoms with Gasteiger partial charge in [-0.25, -0.2) is 0 Å². The van der Waals surface area contributed by atoms with Crippen LogP contribution in [0, 0.1) is 0 Å². The van der Waals surface area contributed by atoms with E-state index in [9.17, 15) is 0 Å². The van der Waals surface area contributed by atoms with Gasteiger partial charge in [-0.1, -0.05) is 26.2 Å². The van der Waals surface area contributed by atoms with Gasteiger partial charge in [0.1, 0.15) is 0 Å². The van der Waals surface area contributed by atoms with Crippen LogP contribution in [0.1, 0.15) is 49.7 Å². The van der Waals surface area contributed by atoms with Crippen molar-refractivity contribution in [3.05, 3.63) is 55.9 Å². The van der Waals surface area contributed by atoms with E-state index in [0.29, 0.717) is 0 Å². The molecule has 0 radical (unpaired) electrons. The van der Waals surface area contributed by atoms with Crippen LogP contribution >= 0.6 is 159 Å². The molecule has 0 atom stereocenters. The van der Waals surface area contributed by atoms with E-state index in [1.54, 1.807) is 0 Å². The summed E-state index contributed by atoms with van der Waals surface area (Å²) in [7, 11) is 0. The summed E-state index contributed by atoms with van der Waals surface area (Å²) in [6.07, 6.45) is 4.52. The molecule has 0 aromatic heterocycles. The van der Waals surface area contributed by atoms with Crippen LogP contribution < -0.4 is 0 Å². The molecule has 0 bridgehead atoms. The second-order valence-electron chi connectivity index (χ2n) is 6.02. The van der Waals surface area contributed by atoms with Crippen molar-refractivity contribution >= 4 is 159 Å². The van der Waals surface area contributed by atoms with E-state index in [-0.39, 0.29) is 5.92 Å². The van der Waals surface area contributed by atoms with Crippen LogP contribution in [-0.4, -0.2) is 0 Å². The van der Waals surface area contributed by atoms with Crippen LogP contribution in [0.2, 0.25) is 0 Å². The Morgan fingerprint density at radius 3 is 1.04 bits per heavy atom. The highest BCUT2D eigenvalue weighted by Crippen LogP contribution is 2.54. The van der Waals surface area contributed by atoms with Crippen molar-refractivity contribution in [3.8, 4) is 0 Å². The van der Waals surface area contributed by atoms with Crippen molar-refractivity contribution < 1.29 is 0 Å². The molecule has 0 fully saturated rings. The fourth-order valence-electron chi connectivity index (χ4n) is 2.89. The van der Waals surface area contributed by atoms with E-state index < -0.39 is 0 Å². The minimum absolute atomic E-state index is 0.153. The molecule has 0 saturated carbocycles. The zero-order valence-electron chi connectivity index (χ0n) is 14.2. The average molecular weight is 1030 g/mol. The van der Waals surface area contributed by atoms with Gasteiger partial charge in [-0.05, 0) is 177 Å². The minimum Gasteiger partial charge on any atom is -0.0654 e. The first kappa shape index (κ1) is 27.5. The molecule has 0 N–H and O–H groups in total. The molecule has 0 amide bonds. The van der Waals surface area contributed by atoms with Gasteiger partial charge in [0, 0.05) is 50.6 Å². The van der Waals surface area contributed by atoms with E-state index in [4.69, 9.17) is 0 Å². The Morgan fingerprint density at radius 2 is 0.750 bits per heavy atom. The van der Waals surface area contributed by atoms with Gasteiger partial charge in [-0.2, -0.15) is 0 Å². The Labute approximate surface area is 249 Å². The molecule has 0 aliphatic carbocycles. The molecule has 0 spiro atoms. The molecule has 0 saturated heterocycles. The lowest BCUT2D eigenvalue weighted by molar-refractivity contribution is 0.612. The second kappa shape index (κ2) is 12.1. The van der Waals surface area contributed by atoms with Crippen molar-refractivity contribution in [2.24, 2.45) is 0 Å². The van der Waals surface area contributed by atoms with Crippen molar-refractivity contribution in [1.82, 2.24) is 0 Å². The first-order chi connectivity index (χ1) is 13.1. The maximum absolute atomic E-state index is 3.83. The largest absolute Gasteiger partial charge is 0.0654 e. The van der Waals surface area contributed by atoms with Crippen molar-refractivity contribution in [1.29, 1.82) is 0 Å². The topological polar surface area (TPSA) is 0 Å². The quantitative estimate of drug-likeness (QED) is 0.154. The summed E-state index contributed by atoms with van der Waals surface area (Å²) >= 11 is 37.5. The fraction of sp³-hybridized carbons (Fsp3) is 0.333. The molecular weight excluding hydrogens is 1020 g/mol. The number of benzene rings is 2. The van der Waals surface area contributed by atoms with Crippen molar-refractivity contribution in [3.63, 3.8) is 0 Å². The van der Waals surface area contributed by atoms with E-state index in [1.165, 1.54) is 24.0 Å². The molecule has 0 aliphatic heterocycles. The van der Waals surface area contributed by atoms with Crippen LogP contribution in [0.25, 0.3) is 0 Å². The minimum atomic E-state index is 0.153. The predicted molar refractivity (Wildman–Crippen MR) is 156 cm³/mol. The third-order valence-electron chi connectivity index (χ3n) is 4.28. The van der Waals surface area contributed by atoms with E-state index in [1.807, 2.05) is 0 Å². The highest BCUT2D eigenvalue weighted by molar-refractivity contribution is 9.16. The van der Waals surface area contributed by atoms with E-state index >= 15 is 0 Å². The van der Waals surface area contributed by atoms with Crippen LogP contribution in [0.15, 0.2) is 44.7 Å². The van der Waals surface area contributed by atoms with Crippen LogP contribution in [0.5, 0.6) is 0 Å². The standard InChI is InChI=1S/C18H12Br10/c1-2-3-4-5-6(7-9(19)13(23)17(27)14(24)10(7)20)8-11(21)15(25)18(28)16(26)12(8)22/h6H,2-5H2,1H3. The lowest BCUT2D eigenvalue weighted by atomic mass is 9.87. The normalized spacial score (nSPS) is 11.6. The van der Waals surface area contributed by atoms with Gasteiger partial charge in [0.15, 0.2) is 0 Å². The smallest absolute Gasteiger partial charge is 0.0482 e. The first-order valence-electron chi connectivity index (χ1n) is 8.08. The molecule has 28 heavy (non-hydrogen) atoms. The summed E-state index contributed by atoms with van der Waals surface area (Å²) < 4.78 is 10.0. The second-order valence-corrected chi connectivity index (χ2v) is 13.9. The molecular formula is C18H12Br10. The molecule has 0 heterocycles. The van der Waals surface area contributed by atoms with Gasteiger partial charge < -0.3 is 0 Å². The van der Waals surface area contributed by atoms with Gasteiger partial charge in [0.2, 0.25) is 0 Å². The molecule has 154 valence electrons. The Morgan fingerprint density at radius 1 is 0.464 bits per heavy atom. The maximum Gasteiger partial charge on any atom is 0.0482 e. The van der Waals surface area contributed by atoms with Gasteiger partial charge >= 0.3 is 0 Å². The summed E-state index contributed by atoms with van der Waals surface area (Å²) in [6.45, 7) is 2.23. The summed E-state index contributed by atoms with van der Waals surface area (Å²) in [5, 5.41) is 0. The van der Waals surface area contributed by atoms with Crippen LogP contribution in [-0.2, 0) is 0 Å². The molecule has 2 rings (SSSR count). The average Bonchev–Trinajstić information content (AvgIpc) is 2.67. The summed E-state index contributed by atoms with van der Waals surface area (Å²) in [5.41, 5.74) is 2.39. The van der Waals surface area contributed by atoms with Gasteiger partial charge in [0.25, 0.3) is 0 Å². The number of rotatable bonds is 6. The Bertz CT molecular complexity index is 779. The van der Waals surface area contributed by atoms with Crippen LogP contribution in [0.4, 0.5) is 0 Å². The first-order valence-corrected chi connectivity index (χ1v) is 16.0. The lowest BCUT2D eigenvalue weighted by Gasteiger charge is -2.26. The zero-order valence-corrected chi connectivity index (χ0v) is 30.0. The Hall–Kier alpha value is 3.24. The SMILES string of the molecule is CCCCCC(c1c(Br)c(Br)c(Br)c(Br)c1Br)c1c(Br)c(Br)c(Br)c(Br)c1Br. The number of hydrogen-bond donors (Lipinski definition) is 0. The zero-order chi connectivity index (χ0) is 21.3. The lowest BCUT2D eigenvalue weighted by Crippen LogP contribution is -2.08. The monoisotopic (exact) mass is 1020 g/mol.